The maximum atomic E-state index is 13.1. The maximum Gasteiger partial charge on any atom is 0.224 e. The summed E-state index contributed by atoms with van der Waals surface area (Å²) in [5, 5.41) is 11.7. The second-order valence-electron chi connectivity index (χ2n) is 4.67. The molecule has 4 nitrogen and oxygen atoms in total. The number of anilines is 1. The second kappa shape index (κ2) is 5.70. The fraction of sp³-hybridized carbons (Fsp3) is 0.429. The molecule has 0 bridgehead atoms. The molecule has 0 radical (unpaired) electrons. The highest BCUT2D eigenvalue weighted by molar-refractivity contribution is 5.79. The van der Waals surface area contributed by atoms with E-state index in [4.69, 9.17) is 5.26 Å². The number of hydrogen-bond acceptors (Lipinski definition) is 3. The first-order chi connectivity index (χ1) is 9.15. The van der Waals surface area contributed by atoms with Gasteiger partial charge in [0.1, 0.15) is 11.9 Å². The number of benzene rings is 1. The smallest absolute Gasteiger partial charge is 0.224 e. The van der Waals surface area contributed by atoms with Crippen molar-refractivity contribution in [3.05, 3.63) is 29.6 Å². The molecule has 1 amide bonds. The van der Waals surface area contributed by atoms with Crippen molar-refractivity contribution in [2.45, 2.75) is 12.8 Å². The van der Waals surface area contributed by atoms with Crippen molar-refractivity contribution in [2.75, 3.05) is 25.0 Å². The lowest BCUT2D eigenvalue weighted by Crippen LogP contribution is -2.42. The number of rotatable bonds is 2. The Bertz CT molecular complexity index is 524. The molecule has 1 aromatic carbocycles. The van der Waals surface area contributed by atoms with E-state index in [1.807, 2.05) is 11.0 Å². The Morgan fingerprint density at radius 1 is 1.58 bits per heavy atom. The largest absolute Gasteiger partial charge is 0.370 e. The van der Waals surface area contributed by atoms with Crippen LogP contribution in [0.2, 0.25) is 0 Å². The van der Waals surface area contributed by atoms with E-state index in [1.54, 1.807) is 13.1 Å². The van der Waals surface area contributed by atoms with Gasteiger partial charge in [-0.05, 0) is 31.0 Å². The number of amides is 1. The molecular weight excluding hydrogens is 245 g/mol. The molecule has 1 N–H and O–H groups in total. The number of nitriles is 1. The number of hydrogen-bond donors (Lipinski definition) is 1. The zero-order valence-electron chi connectivity index (χ0n) is 10.8. The van der Waals surface area contributed by atoms with Crippen molar-refractivity contribution in [1.29, 1.82) is 5.26 Å². The summed E-state index contributed by atoms with van der Waals surface area (Å²) >= 11 is 0. The summed E-state index contributed by atoms with van der Waals surface area (Å²) < 4.78 is 13.1. The van der Waals surface area contributed by atoms with E-state index in [2.05, 4.69) is 5.32 Å². The lowest BCUT2D eigenvalue weighted by Gasteiger charge is -2.34. The minimum Gasteiger partial charge on any atom is -0.370 e. The number of nitrogens with zero attached hydrogens (tertiary/aromatic N) is 2. The number of carbonyl (C=O) groups excluding carboxylic acids is 1. The van der Waals surface area contributed by atoms with Crippen LogP contribution in [0.3, 0.4) is 0 Å². The molecule has 1 aliphatic heterocycles. The number of carbonyl (C=O) groups is 1. The summed E-state index contributed by atoms with van der Waals surface area (Å²) in [6, 6.07) is 6.20. The van der Waals surface area contributed by atoms with E-state index in [-0.39, 0.29) is 11.8 Å². The van der Waals surface area contributed by atoms with Crippen LogP contribution < -0.4 is 10.2 Å². The molecule has 1 aliphatic rings. The lowest BCUT2D eigenvalue weighted by atomic mass is 9.96. The van der Waals surface area contributed by atoms with Gasteiger partial charge in [0.25, 0.3) is 0 Å². The predicted molar refractivity (Wildman–Crippen MR) is 70.1 cm³/mol. The van der Waals surface area contributed by atoms with Gasteiger partial charge < -0.3 is 10.2 Å². The Balaban J connectivity index is 2.22. The molecule has 100 valence electrons. The van der Waals surface area contributed by atoms with E-state index in [0.717, 1.165) is 19.4 Å². The first kappa shape index (κ1) is 13.3. The van der Waals surface area contributed by atoms with Crippen LogP contribution in [0.5, 0.6) is 0 Å². The minimum atomic E-state index is -0.417. The number of nitrogens with one attached hydrogen (secondary N) is 1. The monoisotopic (exact) mass is 261 g/mol. The third-order valence-corrected chi connectivity index (χ3v) is 3.46. The van der Waals surface area contributed by atoms with Crippen LogP contribution >= 0.6 is 0 Å². The van der Waals surface area contributed by atoms with Crippen LogP contribution in [-0.4, -0.2) is 26.0 Å². The SMILES string of the molecule is CNC(=O)C1CCCN(c2ccc(F)cc2C#N)C1. The minimum absolute atomic E-state index is 0.0188. The highest BCUT2D eigenvalue weighted by atomic mass is 19.1. The molecule has 5 heteroatoms. The van der Waals surface area contributed by atoms with Crippen molar-refractivity contribution < 1.29 is 9.18 Å². The topological polar surface area (TPSA) is 56.1 Å². The Kier molecular flexibility index (Phi) is 4.00. The summed E-state index contributed by atoms with van der Waals surface area (Å²) in [4.78, 5) is 13.7. The first-order valence-corrected chi connectivity index (χ1v) is 6.32. The van der Waals surface area contributed by atoms with Crippen molar-refractivity contribution in [1.82, 2.24) is 5.32 Å². The van der Waals surface area contributed by atoms with Crippen molar-refractivity contribution in [3.8, 4) is 6.07 Å². The van der Waals surface area contributed by atoms with Gasteiger partial charge in [0.05, 0.1) is 17.2 Å². The van der Waals surface area contributed by atoms with Crippen LogP contribution in [-0.2, 0) is 4.79 Å². The Morgan fingerprint density at radius 2 is 2.37 bits per heavy atom. The fourth-order valence-corrected chi connectivity index (χ4v) is 2.49. The molecule has 1 heterocycles. The van der Waals surface area contributed by atoms with E-state index >= 15 is 0 Å². The Morgan fingerprint density at radius 3 is 3.05 bits per heavy atom. The van der Waals surface area contributed by atoms with E-state index < -0.39 is 5.82 Å². The third-order valence-electron chi connectivity index (χ3n) is 3.46. The highest BCUT2D eigenvalue weighted by Crippen LogP contribution is 2.26. The molecule has 0 aromatic heterocycles. The zero-order chi connectivity index (χ0) is 13.8. The second-order valence-corrected chi connectivity index (χ2v) is 4.67. The maximum absolute atomic E-state index is 13.1. The summed E-state index contributed by atoms with van der Waals surface area (Å²) in [6.07, 6.45) is 1.74. The zero-order valence-corrected chi connectivity index (χ0v) is 10.8. The molecule has 0 saturated carbocycles. The molecule has 1 fully saturated rings. The van der Waals surface area contributed by atoms with Crippen LogP contribution in [0.15, 0.2) is 18.2 Å². The molecule has 19 heavy (non-hydrogen) atoms. The molecule has 0 spiro atoms. The van der Waals surface area contributed by atoms with Gasteiger partial charge >= 0.3 is 0 Å². The molecule has 1 saturated heterocycles. The average Bonchev–Trinajstić information content (AvgIpc) is 2.46. The molecule has 1 aromatic rings. The number of halogens is 1. The quantitative estimate of drug-likeness (QED) is 0.881. The molecular formula is C14H16FN3O. The average molecular weight is 261 g/mol. The van der Waals surface area contributed by atoms with Gasteiger partial charge in [-0.2, -0.15) is 5.26 Å². The molecule has 1 unspecified atom stereocenters. The van der Waals surface area contributed by atoms with Gasteiger partial charge in [0.15, 0.2) is 0 Å². The summed E-state index contributed by atoms with van der Waals surface area (Å²) in [5.74, 6) is -0.471. The standard InChI is InChI=1S/C14H16FN3O/c1-17-14(19)10-3-2-6-18(9-10)13-5-4-12(15)7-11(13)8-16/h4-5,7,10H,2-3,6,9H2,1H3,(H,17,19). The van der Waals surface area contributed by atoms with E-state index in [1.165, 1.54) is 12.1 Å². The predicted octanol–water partition coefficient (Wildman–Crippen LogP) is 1.66. The van der Waals surface area contributed by atoms with Crippen molar-refractivity contribution in [3.63, 3.8) is 0 Å². The summed E-state index contributed by atoms with van der Waals surface area (Å²) in [5.41, 5.74) is 1.02. The van der Waals surface area contributed by atoms with Crippen LogP contribution in [0, 0.1) is 23.1 Å². The van der Waals surface area contributed by atoms with Gasteiger partial charge in [-0.25, -0.2) is 4.39 Å². The Labute approximate surface area is 111 Å². The van der Waals surface area contributed by atoms with Gasteiger partial charge in [0.2, 0.25) is 5.91 Å². The lowest BCUT2D eigenvalue weighted by molar-refractivity contribution is -0.124. The normalized spacial score (nSPS) is 18.8. The first-order valence-electron chi connectivity index (χ1n) is 6.32. The summed E-state index contributed by atoms with van der Waals surface area (Å²) in [6.45, 7) is 1.35. The fourth-order valence-electron chi connectivity index (χ4n) is 2.49. The molecule has 0 aliphatic carbocycles. The number of piperidine rings is 1. The third kappa shape index (κ3) is 2.84. The Hall–Kier alpha value is -2.09. The van der Waals surface area contributed by atoms with Crippen molar-refractivity contribution >= 4 is 11.6 Å². The molecule has 2 rings (SSSR count). The van der Waals surface area contributed by atoms with Gasteiger partial charge in [-0.15, -0.1) is 0 Å². The van der Waals surface area contributed by atoms with Gasteiger partial charge in [-0.3, -0.25) is 4.79 Å². The molecule has 1 atom stereocenters. The van der Waals surface area contributed by atoms with E-state index in [9.17, 15) is 9.18 Å². The van der Waals surface area contributed by atoms with Crippen LogP contribution in [0.1, 0.15) is 18.4 Å². The van der Waals surface area contributed by atoms with Crippen LogP contribution in [0.25, 0.3) is 0 Å². The van der Waals surface area contributed by atoms with Crippen LogP contribution in [0.4, 0.5) is 10.1 Å². The van der Waals surface area contributed by atoms with Crippen molar-refractivity contribution in [2.24, 2.45) is 5.92 Å². The van der Waals surface area contributed by atoms with Gasteiger partial charge in [0, 0.05) is 20.1 Å². The van der Waals surface area contributed by atoms with Gasteiger partial charge in [-0.1, -0.05) is 0 Å². The van der Waals surface area contributed by atoms with E-state index in [0.29, 0.717) is 17.8 Å². The highest BCUT2D eigenvalue weighted by Gasteiger charge is 2.26. The summed E-state index contributed by atoms with van der Waals surface area (Å²) in [7, 11) is 1.62.